The Kier molecular flexibility index (Phi) is 6.69. The topological polar surface area (TPSA) is 68.5 Å². The van der Waals surface area contributed by atoms with E-state index in [0.717, 1.165) is 48.5 Å². The van der Waals surface area contributed by atoms with Gasteiger partial charge in [-0.3, -0.25) is 9.47 Å². The SMILES string of the molecule is COc1ccc(C(F)(F)F)nc1N1CCC(c2nnc3n2-c2ccc(Cl)cc2CN([C@H]2CCOC2)C3)CC1. The van der Waals surface area contributed by atoms with Crippen LogP contribution in [-0.2, 0) is 24.0 Å². The Labute approximate surface area is 223 Å². The lowest BCUT2D eigenvalue weighted by Crippen LogP contribution is -2.35. The van der Waals surface area contributed by atoms with Gasteiger partial charge in [-0.1, -0.05) is 11.6 Å². The second kappa shape index (κ2) is 10.0. The first kappa shape index (κ1) is 25.4. The molecule has 3 aliphatic rings. The van der Waals surface area contributed by atoms with Crippen LogP contribution >= 0.6 is 11.6 Å². The lowest BCUT2D eigenvalue weighted by atomic mass is 9.95. The molecule has 2 fully saturated rings. The molecule has 0 unspecified atom stereocenters. The van der Waals surface area contributed by atoms with Gasteiger partial charge >= 0.3 is 6.18 Å². The van der Waals surface area contributed by atoms with Gasteiger partial charge in [-0.25, -0.2) is 4.98 Å². The molecule has 1 aromatic carbocycles. The summed E-state index contributed by atoms with van der Waals surface area (Å²) in [6.07, 6.45) is -2.15. The minimum absolute atomic E-state index is 0.0918. The molecule has 3 aromatic rings. The minimum Gasteiger partial charge on any atom is -0.493 e. The van der Waals surface area contributed by atoms with Crippen molar-refractivity contribution < 1.29 is 22.6 Å². The summed E-state index contributed by atoms with van der Waals surface area (Å²) in [6, 6.07) is 8.51. The Morgan fingerprint density at radius 3 is 2.58 bits per heavy atom. The monoisotopic (exact) mass is 548 g/mol. The van der Waals surface area contributed by atoms with Crippen LogP contribution < -0.4 is 9.64 Å². The van der Waals surface area contributed by atoms with Gasteiger partial charge in [-0.2, -0.15) is 13.2 Å². The molecular weight excluding hydrogens is 521 g/mol. The average molecular weight is 549 g/mol. The van der Waals surface area contributed by atoms with E-state index in [0.29, 0.717) is 55.9 Å². The number of hydrogen-bond acceptors (Lipinski definition) is 7. The van der Waals surface area contributed by atoms with Crippen LogP contribution in [0.2, 0.25) is 5.02 Å². The maximum absolute atomic E-state index is 13.3. The third-order valence-electron chi connectivity index (χ3n) is 7.69. The maximum atomic E-state index is 13.3. The molecule has 3 aliphatic heterocycles. The summed E-state index contributed by atoms with van der Waals surface area (Å²) in [5, 5.41) is 9.92. The van der Waals surface area contributed by atoms with E-state index in [1.807, 2.05) is 23.1 Å². The second-order valence-corrected chi connectivity index (χ2v) is 10.4. The number of methoxy groups -OCH3 is 1. The Hall–Kier alpha value is -2.89. The molecule has 0 aliphatic carbocycles. The lowest BCUT2D eigenvalue weighted by molar-refractivity contribution is -0.141. The molecule has 5 heterocycles. The molecule has 8 nitrogen and oxygen atoms in total. The molecule has 1 atom stereocenters. The lowest BCUT2D eigenvalue weighted by Gasteiger charge is -2.33. The number of alkyl halides is 3. The van der Waals surface area contributed by atoms with Gasteiger partial charge in [0.15, 0.2) is 17.4 Å². The van der Waals surface area contributed by atoms with Crippen molar-refractivity contribution in [2.24, 2.45) is 0 Å². The van der Waals surface area contributed by atoms with Crippen molar-refractivity contribution in [3.05, 3.63) is 58.3 Å². The van der Waals surface area contributed by atoms with Crippen molar-refractivity contribution >= 4 is 17.4 Å². The number of aromatic nitrogens is 4. The van der Waals surface area contributed by atoms with Crippen molar-refractivity contribution in [3.8, 4) is 11.4 Å². The molecule has 2 saturated heterocycles. The van der Waals surface area contributed by atoms with E-state index in [1.165, 1.54) is 13.2 Å². The van der Waals surface area contributed by atoms with Crippen molar-refractivity contribution in [1.82, 2.24) is 24.6 Å². The van der Waals surface area contributed by atoms with Gasteiger partial charge in [0.1, 0.15) is 11.5 Å². The Balaban J connectivity index is 1.28. The zero-order valence-corrected chi connectivity index (χ0v) is 21.7. The number of hydrogen-bond donors (Lipinski definition) is 0. The van der Waals surface area contributed by atoms with Crippen molar-refractivity contribution in [2.45, 2.75) is 50.5 Å². The van der Waals surface area contributed by atoms with Gasteiger partial charge in [-0.15, -0.1) is 10.2 Å². The highest BCUT2D eigenvalue weighted by Gasteiger charge is 2.36. The van der Waals surface area contributed by atoms with Gasteiger partial charge in [0.25, 0.3) is 0 Å². The summed E-state index contributed by atoms with van der Waals surface area (Å²) in [5.74, 6) is 2.38. The first-order valence-corrected chi connectivity index (χ1v) is 13.1. The number of nitrogens with zero attached hydrogens (tertiary/aromatic N) is 6. The number of benzene rings is 1. The van der Waals surface area contributed by atoms with Crippen LogP contribution in [0.5, 0.6) is 5.75 Å². The summed E-state index contributed by atoms with van der Waals surface area (Å²) >= 11 is 6.39. The summed E-state index contributed by atoms with van der Waals surface area (Å²) < 4.78 is 53.1. The summed E-state index contributed by atoms with van der Waals surface area (Å²) in [6.45, 7) is 3.89. The molecule has 0 bridgehead atoms. The molecule has 0 radical (unpaired) electrons. The van der Waals surface area contributed by atoms with Gasteiger partial charge in [-0.05, 0) is 55.2 Å². The second-order valence-electron chi connectivity index (χ2n) is 9.99. The molecule has 6 rings (SSSR count). The molecular formula is C26H28ClF3N6O2. The van der Waals surface area contributed by atoms with Crippen LogP contribution in [0.15, 0.2) is 30.3 Å². The normalized spacial score (nSPS) is 20.8. The van der Waals surface area contributed by atoms with Gasteiger partial charge in [0.05, 0.1) is 25.9 Å². The van der Waals surface area contributed by atoms with E-state index in [2.05, 4.69) is 24.6 Å². The van der Waals surface area contributed by atoms with Gasteiger partial charge in [0.2, 0.25) is 0 Å². The van der Waals surface area contributed by atoms with Crippen LogP contribution in [-0.4, -0.2) is 64.1 Å². The summed E-state index contributed by atoms with van der Waals surface area (Å²) in [5.41, 5.74) is 1.21. The average Bonchev–Trinajstić information content (AvgIpc) is 3.56. The maximum Gasteiger partial charge on any atom is 0.433 e. The Morgan fingerprint density at radius 1 is 1.05 bits per heavy atom. The Morgan fingerprint density at radius 2 is 1.87 bits per heavy atom. The van der Waals surface area contributed by atoms with Crippen LogP contribution in [0.4, 0.5) is 19.0 Å². The minimum atomic E-state index is -4.52. The number of rotatable bonds is 4. The number of ether oxygens (including phenoxy) is 2. The zero-order valence-electron chi connectivity index (χ0n) is 20.9. The zero-order chi connectivity index (χ0) is 26.4. The number of halogens is 4. The van der Waals surface area contributed by atoms with E-state index >= 15 is 0 Å². The molecule has 0 saturated carbocycles. The molecule has 0 N–H and O–H groups in total. The molecule has 38 heavy (non-hydrogen) atoms. The third-order valence-corrected chi connectivity index (χ3v) is 7.92. The van der Waals surface area contributed by atoms with E-state index in [4.69, 9.17) is 21.1 Å². The molecule has 12 heteroatoms. The largest absolute Gasteiger partial charge is 0.493 e. The summed E-state index contributed by atoms with van der Waals surface area (Å²) in [7, 11) is 1.44. The third kappa shape index (κ3) is 4.71. The molecule has 0 amide bonds. The summed E-state index contributed by atoms with van der Waals surface area (Å²) in [4.78, 5) is 8.15. The highest BCUT2D eigenvalue weighted by atomic mass is 35.5. The first-order valence-electron chi connectivity index (χ1n) is 12.7. The Bertz CT molecular complexity index is 1320. The van der Waals surface area contributed by atoms with Crippen LogP contribution in [0.1, 0.15) is 48.1 Å². The number of pyridine rings is 1. The number of piperidine rings is 1. The fraction of sp³-hybridized carbons (Fsp3) is 0.500. The molecule has 202 valence electrons. The van der Waals surface area contributed by atoms with Crippen LogP contribution in [0.25, 0.3) is 5.69 Å². The predicted molar refractivity (Wildman–Crippen MR) is 135 cm³/mol. The van der Waals surface area contributed by atoms with Gasteiger partial charge in [0, 0.05) is 43.2 Å². The van der Waals surface area contributed by atoms with Crippen molar-refractivity contribution in [3.63, 3.8) is 0 Å². The van der Waals surface area contributed by atoms with Gasteiger partial charge < -0.3 is 14.4 Å². The standard InChI is InChI=1S/C26H28ClF3N6O2/c1-37-21-4-5-22(26(28,29)30)31-25(21)34-9-6-16(7-10-34)24-33-32-23-14-35(19-8-11-38-15-19)13-17-12-18(27)2-3-20(17)36(23)24/h2-5,12,16,19H,6-11,13-15H2,1H3/t19-/m0/s1. The quantitative estimate of drug-likeness (QED) is 0.462. The number of anilines is 1. The fourth-order valence-corrected chi connectivity index (χ4v) is 5.91. The van der Waals surface area contributed by atoms with Crippen molar-refractivity contribution in [2.75, 3.05) is 38.3 Å². The number of fused-ring (bicyclic) bond motifs is 3. The molecule has 2 aromatic heterocycles. The smallest absolute Gasteiger partial charge is 0.433 e. The predicted octanol–water partition coefficient (Wildman–Crippen LogP) is 4.83. The van der Waals surface area contributed by atoms with Crippen molar-refractivity contribution in [1.29, 1.82) is 0 Å². The highest BCUT2D eigenvalue weighted by molar-refractivity contribution is 6.30. The van der Waals surface area contributed by atoms with E-state index < -0.39 is 11.9 Å². The molecule has 0 spiro atoms. The van der Waals surface area contributed by atoms with E-state index in [9.17, 15) is 13.2 Å². The first-order chi connectivity index (χ1) is 18.3. The van der Waals surface area contributed by atoms with E-state index in [-0.39, 0.29) is 11.7 Å². The fourth-order valence-electron chi connectivity index (χ4n) is 5.71. The highest BCUT2D eigenvalue weighted by Crippen LogP contribution is 2.38. The van der Waals surface area contributed by atoms with Crippen LogP contribution in [0, 0.1) is 0 Å². The van der Waals surface area contributed by atoms with E-state index in [1.54, 1.807) is 0 Å². The van der Waals surface area contributed by atoms with Crippen LogP contribution in [0.3, 0.4) is 0 Å².